The highest BCUT2D eigenvalue weighted by molar-refractivity contribution is 7.92. The molecule has 1 N–H and O–H groups in total. The van der Waals surface area contributed by atoms with Gasteiger partial charge in [-0.1, -0.05) is 23.2 Å². The molecule has 0 fully saturated rings. The molecular weight excluding hydrogens is 401 g/mol. The zero-order valence-electron chi connectivity index (χ0n) is 13.8. The third-order valence-corrected chi connectivity index (χ3v) is 4.45. The van der Waals surface area contributed by atoms with E-state index in [1.807, 2.05) is 0 Å². The van der Waals surface area contributed by atoms with Crippen molar-refractivity contribution >= 4 is 50.7 Å². The molecule has 2 rings (SSSR count). The minimum Gasteiger partial charge on any atom is -0.451 e. The number of halogens is 2. The lowest BCUT2D eigenvalue weighted by atomic mass is 10.1. The second-order valence-electron chi connectivity index (χ2n) is 5.49. The van der Waals surface area contributed by atoms with E-state index < -0.39 is 27.9 Å². The van der Waals surface area contributed by atoms with Crippen LogP contribution in [0, 0.1) is 0 Å². The molecule has 0 spiro atoms. The molecule has 138 valence electrons. The fraction of sp³-hybridized carbons (Fsp3) is 0.176. The lowest BCUT2D eigenvalue weighted by molar-refractivity contribution is 0.0319. The van der Waals surface area contributed by atoms with E-state index in [1.54, 1.807) is 0 Å². The first-order valence-electron chi connectivity index (χ1n) is 7.35. The summed E-state index contributed by atoms with van der Waals surface area (Å²) in [7, 11) is -3.41. The van der Waals surface area contributed by atoms with Gasteiger partial charge in [-0.15, -0.1) is 0 Å². The number of Topliss-reactive ketones (excluding diaryl/α,β-unsaturated/α-hetero) is 1. The second-order valence-corrected chi connectivity index (χ2v) is 8.08. The molecule has 9 heteroatoms. The Bertz CT molecular complexity index is 942. The minimum atomic E-state index is -3.41. The van der Waals surface area contributed by atoms with E-state index >= 15 is 0 Å². The van der Waals surface area contributed by atoms with Crippen molar-refractivity contribution in [2.24, 2.45) is 0 Å². The van der Waals surface area contributed by atoms with Crippen LogP contribution in [0.5, 0.6) is 0 Å². The highest BCUT2D eigenvalue weighted by Gasteiger charge is 2.22. The summed E-state index contributed by atoms with van der Waals surface area (Å²) in [5.74, 6) is -1.21. The maximum Gasteiger partial charge on any atom is 0.340 e. The van der Waals surface area contributed by atoms with Crippen LogP contribution >= 0.6 is 23.2 Å². The number of nitrogens with one attached hydrogen (secondary N) is 1. The lowest BCUT2D eigenvalue weighted by Gasteiger charge is -2.13. The van der Waals surface area contributed by atoms with Crippen LogP contribution in [0.4, 0.5) is 5.69 Å². The molecule has 6 nitrogen and oxygen atoms in total. The largest absolute Gasteiger partial charge is 0.451 e. The standard InChI is InChI=1S/C17H15Cl2NO5S/c1-10(25-17(22)14-9-12(18)5-8-15(14)19)16(21)11-3-6-13(7-4-11)20-26(2,23)24/h3-10,20H,1-2H3. The van der Waals surface area contributed by atoms with E-state index in [9.17, 15) is 18.0 Å². The molecular formula is C17H15Cl2NO5S. The van der Waals surface area contributed by atoms with Gasteiger partial charge in [-0.25, -0.2) is 13.2 Å². The molecule has 1 unspecified atom stereocenters. The Labute approximate surface area is 161 Å². The summed E-state index contributed by atoms with van der Waals surface area (Å²) in [6.45, 7) is 1.43. The summed E-state index contributed by atoms with van der Waals surface area (Å²) < 4.78 is 29.8. The topological polar surface area (TPSA) is 89.5 Å². The van der Waals surface area contributed by atoms with Crippen molar-refractivity contribution in [3.8, 4) is 0 Å². The molecule has 0 aliphatic carbocycles. The zero-order chi connectivity index (χ0) is 19.5. The zero-order valence-corrected chi connectivity index (χ0v) is 16.2. The molecule has 0 radical (unpaired) electrons. The number of esters is 1. The highest BCUT2D eigenvalue weighted by Crippen LogP contribution is 2.22. The first-order valence-corrected chi connectivity index (χ1v) is 9.99. The lowest BCUT2D eigenvalue weighted by Crippen LogP contribution is -2.24. The molecule has 0 saturated heterocycles. The third-order valence-electron chi connectivity index (χ3n) is 3.27. The maximum atomic E-state index is 12.4. The number of hydrogen-bond donors (Lipinski definition) is 1. The van der Waals surface area contributed by atoms with Gasteiger partial charge in [-0.2, -0.15) is 0 Å². The van der Waals surface area contributed by atoms with Crippen LogP contribution < -0.4 is 4.72 Å². The number of rotatable bonds is 6. The Morgan fingerprint density at radius 1 is 1.08 bits per heavy atom. The number of carbonyl (C=O) groups excluding carboxylic acids is 2. The summed E-state index contributed by atoms with van der Waals surface area (Å²) in [4.78, 5) is 24.6. The fourth-order valence-electron chi connectivity index (χ4n) is 2.08. The average molecular weight is 416 g/mol. The van der Waals surface area contributed by atoms with Crippen LogP contribution in [-0.4, -0.2) is 32.5 Å². The van der Waals surface area contributed by atoms with Gasteiger partial charge in [0.1, 0.15) is 0 Å². The molecule has 0 bridgehead atoms. The van der Waals surface area contributed by atoms with Gasteiger partial charge < -0.3 is 4.74 Å². The normalized spacial score (nSPS) is 12.3. The van der Waals surface area contributed by atoms with Crippen molar-refractivity contribution < 1.29 is 22.7 Å². The van der Waals surface area contributed by atoms with Crippen LogP contribution in [0.25, 0.3) is 0 Å². The molecule has 26 heavy (non-hydrogen) atoms. The monoisotopic (exact) mass is 415 g/mol. The Balaban J connectivity index is 2.09. The first-order chi connectivity index (χ1) is 12.1. The highest BCUT2D eigenvalue weighted by atomic mass is 35.5. The van der Waals surface area contributed by atoms with Crippen molar-refractivity contribution in [1.29, 1.82) is 0 Å². The Morgan fingerprint density at radius 2 is 1.69 bits per heavy atom. The molecule has 0 amide bonds. The second kappa shape index (κ2) is 8.07. The molecule has 0 aliphatic heterocycles. The molecule has 2 aromatic carbocycles. The van der Waals surface area contributed by atoms with Crippen LogP contribution in [-0.2, 0) is 14.8 Å². The van der Waals surface area contributed by atoms with E-state index in [4.69, 9.17) is 27.9 Å². The first kappa shape index (κ1) is 20.2. The van der Waals surface area contributed by atoms with Crippen molar-refractivity contribution in [3.63, 3.8) is 0 Å². The summed E-state index contributed by atoms with van der Waals surface area (Å²) in [5.41, 5.74) is 0.646. The average Bonchev–Trinajstić information content (AvgIpc) is 2.55. The number of ketones is 1. The summed E-state index contributed by atoms with van der Waals surface area (Å²) >= 11 is 11.8. The molecule has 0 aromatic heterocycles. The van der Waals surface area contributed by atoms with Gasteiger partial charge in [-0.3, -0.25) is 9.52 Å². The van der Waals surface area contributed by atoms with E-state index in [2.05, 4.69) is 4.72 Å². The summed E-state index contributed by atoms with van der Waals surface area (Å²) in [5, 5.41) is 0.476. The Kier molecular flexibility index (Phi) is 6.28. The van der Waals surface area contributed by atoms with Gasteiger partial charge in [0.15, 0.2) is 6.10 Å². The molecule has 1 atom stereocenters. The maximum absolute atomic E-state index is 12.4. The molecule has 0 saturated carbocycles. The van der Waals surface area contributed by atoms with Crippen LogP contribution in [0.3, 0.4) is 0 Å². The number of benzene rings is 2. The summed E-state index contributed by atoms with van der Waals surface area (Å²) in [6.07, 6.45) is -0.0413. The van der Waals surface area contributed by atoms with E-state index in [-0.39, 0.29) is 16.1 Å². The summed E-state index contributed by atoms with van der Waals surface area (Å²) in [6, 6.07) is 10.1. The van der Waals surface area contributed by atoms with Gasteiger partial charge in [-0.05, 0) is 49.4 Å². The van der Waals surface area contributed by atoms with Crippen LogP contribution in [0.1, 0.15) is 27.6 Å². The van der Waals surface area contributed by atoms with E-state index in [1.165, 1.54) is 49.4 Å². The number of sulfonamides is 1. The fourth-order valence-corrected chi connectivity index (χ4v) is 3.01. The SMILES string of the molecule is CC(OC(=O)c1cc(Cl)ccc1Cl)C(=O)c1ccc(NS(C)(=O)=O)cc1. The smallest absolute Gasteiger partial charge is 0.340 e. The van der Waals surface area contributed by atoms with Crippen molar-refractivity contribution in [3.05, 3.63) is 63.6 Å². The van der Waals surface area contributed by atoms with Crippen molar-refractivity contribution in [2.45, 2.75) is 13.0 Å². The number of carbonyl (C=O) groups is 2. The van der Waals surface area contributed by atoms with Crippen LogP contribution in [0.2, 0.25) is 10.0 Å². The predicted molar refractivity (Wildman–Crippen MR) is 101 cm³/mol. The Hall–Kier alpha value is -2.09. The van der Waals surface area contributed by atoms with E-state index in [0.717, 1.165) is 6.26 Å². The van der Waals surface area contributed by atoms with Gasteiger partial charge in [0.2, 0.25) is 15.8 Å². The molecule has 0 aliphatic rings. The number of hydrogen-bond acceptors (Lipinski definition) is 5. The van der Waals surface area contributed by atoms with Crippen molar-refractivity contribution in [1.82, 2.24) is 0 Å². The number of ether oxygens (including phenoxy) is 1. The van der Waals surface area contributed by atoms with E-state index in [0.29, 0.717) is 10.7 Å². The number of anilines is 1. The van der Waals surface area contributed by atoms with Crippen molar-refractivity contribution in [2.75, 3.05) is 11.0 Å². The van der Waals surface area contributed by atoms with Gasteiger partial charge in [0.25, 0.3) is 0 Å². The van der Waals surface area contributed by atoms with Gasteiger partial charge in [0, 0.05) is 16.3 Å². The van der Waals surface area contributed by atoms with Gasteiger partial charge in [0.05, 0.1) is 16.8 Å². The quantitative estimate of drug-likeness (QED) is 0.572. The predicted octanol–water partition coefficient (Wildman–Crippen LogP) is 3.79. The van der Waals surface area contributed by atoms with Crippen LogP contribution in [0.15, 0.2) is 42.5 Å². The third kappa shape index (κ3) is 5.45. The Morgan fingerprint density at radius 3 is 2.27 bits per heavy atom. The molecule has 2 aromatic rings. The molecule has 0 heterocycles. The minimum absolute atomic E-state index is 0.0616. The van der Waals surface area contributed by atoms with Gasteiger partial charge >= 0.3 is 5.97 Å².